The van der Waals surface area contributed by atoms with Gasteiger partial charge in [0.05, 0.1) is 17.7 Å². The molecule has 1 aliphatic rings. The lowest BCUT2D eigenvalue weighted by Crippen LogP contribution is -2.29. The van der Waals surface area contributed by atoms with Gasteiger partial charge in [0.15, 0.2) is 0 Å². The molecule has 0 fully saturated rings. The van der Waals surface area contributed by atoms with E-state index in [0.29, 0.717) is 16.7 Å². The van der Waals surface area contributed by atoms with Gasteiger partial charge in [0.2, 0.25) is 0 Å². The molecule has 3 rings (SSSR count). The van der Waals surface area contributed by atoms with Crippen molar-refractivity contribution >= 4 is 18.1 Å². The molecule has 0 saturated carbocycles. The van der Waals surface area contributed by atoms with E-state index >= 15 is 0 Å². The SMILES string of the molecule is CO.O=Cc1cccc(CN2C(=O)c3ccncc3C2=O)c1. The summed E-state index contributed by atoms with van der Waals surface area (Å²) in [5.41, 5.74) is 1.94. The molecule has 0 unspecified atom stereocenters. The molecule has 2 heterocycles. The Labute approximate surface area is 127 Å². The molecule has 112 valence electrons. The van der Waals surface area contributed by atoms with Gasteiger partial charge in [0.25, 0.3) is 11.8 Å². The predicted octanol–water partition coefficient (Wildman–Crippen LogP) is 1.30. The minimum absolute atomic E-state index is 0.147. The van der Waals surface area contributed by atoms with E-state index in [9.17, 15) is 14.4 Å². The van der Waals surface area contributed by atoms with Crippen LogP contribution in [-0.4, -0.2) is 40.2 Å². The number of aliphatic hydroxyl groups excluding tert-OH is 1. The number of hydrogen-bond acceptors (Lipinski definition) is 5. The summed E-state index contributed by atoms with van der Waals surface area (Å²) in [5, 5.41) is 7.00. The van der Waals surface area contributed by atoms with Crippen LogP contribution >= 0.6 is 0 Å². The highest BCUT2D eigenvalue weighted by atomic mass is 16.2. The van der Waals surface area contributed by atoms with Crippen LogP contribution < -0.4 is 0 Å². The molecule has 0 aliphatic carbocycles. The van der Waals surface area contributed by atoms with Gasteiger partial charge < -0.3 is 5.11 Å². The Bertz CT molecular complexity index is 693. The molecule has 0 radical (unpaired) electrons. The highest BCUT2D eigenvalue weighted by Gasteiger charge is 2.35. The summed E-state index contributed by atoms with van der Waals surface area (Å²) in [5.74, 6) is -0.682. The Morgan fingerprint density at radius 3 is 2.55 bits per heavy atom. The number of benzene rings is 1. The average molecular weight is 298 g/mol. The van der Waals surface area contributed by atoms with E-state index in [0.717, 1.165) is 23.9 Å². The first kappa shape index (κ1) is 15.5. The van der Waals surface area contributed by atoms with Crippen LogP contribution in [0.3, 0.4) is 0 Å². The summed E-state index contributed by atoms with van der Waals surface area (Å²) >= 11 is 0. The van der Waals surface area contributed by atoms with Crippen molar-refractivity contribution < 1.29 is 19.5 Å². The summed E-state index contributed by atoms with van der Waals surface area (Å²) < 4.78 is 0. The van der Waals surface area contributed by atoms with Crippen molar-refractivity contribution in [1.82, 2.24) is 9.88 Å². The first-order chi connectivity index (χ1) is 10.7. The molecule has 1 aliphatic heterocycles. The number of aliphatic hydroxyl groups is 1. The van der Waals surface area contributed by atoms with Gasteiger partial charge in [-0.2, -0.15) is 0 Å². The van der Waals surface area contributed by atoms with Crippen molar-refractivity contribution in [1.29, 1.82) is 0 Å². The lowest BCUT2D eigenvalue weighted by atomic mass is 10.1. The molecule has 1 aromatic carbocycles. The Balaban J connectivity index is 0.000000847. The van der Waals surface area contributed by atoms with Crippen LogP contribution in [-0.2, 0) is 6.54 Å². The van der Waals surface area contributed by atoms with Gasteiger partial charge in [-0.25, -0.2) is 0 Å². The molecule has 6 heteroatoms. The average Bonchev–Trinajstić information content (AvgIpc) is 2.82. The second kappa shape index (κ2) is 6.73. The summed E-state index contributed by atoms with van der Waals surface area (Å²) in [7, 11) is 1.00. The van der Waals surface area contributed by atoms with Crippen LogP contribution in [0, 0.1) is 0 Å². The zero-order valence-corrected chi connectivity index (χ0v) is 11.9. The molecule has 2 amide bonds. The number of aldehydes is 1. The third-order valence-electron chi connectivity index (χ3n) is 3.20. The number of amides is 2. The van der Waals surface area contributed by atoms with E-state index < -0.39 is 0 Å². The van der Waals surface area contributed by atoms with E-state index in [-0.39, 0.29) is 18.4 Å². The lowest BCUT2D eigenvalue weighted by molar-refractivity contribution is 0.0642. The molecule has 2 aromatic rings. The van der Waals surface area contributed by atoms with Crippen molar-refractivity contribution in [3.63, 3.8) is 0 Å². The Kier molecular flexibility index (Phi) is 4.75. The largest absolute Gasteiger partial charge is 0.400 e. The van der Waals surface area contributed by atoms with Crippen molar-refractivity contribution in [2.24, 2.45) is 0 Å². The summed E-state index contributed by atoms with van der Waals surface area (Å²) in [6.07, 6.45) is 3.62. The first-order valence-corrected chi connectivity index (χ1v) is 6.50. The molecule has 0 spiro atoms. The molecule has 0 bridgehead atoms. The molecule has 0 atom stereocenters. The van der Waals surface area contributed by atoms with Gasteiger partial charge in [0, 0.05) is 25.1 Å². The van der Waals surface area contributed by atoms with E-state index in [1.165, 1.54) is 18.5 Å². The zero-order valence-electron chi connectivity index (χ0n) is 11.9. The van der Waals surface area contributed by atoms with Gasteiger partial charge in [0.1, 0.15) is 6.29 Å². The Morgan fingerprint density at radius 1 is 1.14 bits per heavy atom. The minimum atomic E-state index is -0.352. The summed E-state index contributed by atoms with van der Waals surface area (Å²) in [6.45, 7) is 0.147. The van der Waals surface area contributed by atoms with Crippen LogP contribution in [0.4, 0.5) is 0 Å². The topological polar surface area (TPSA) is 87.6 Å². The van der Waals surface area contributed by atoms with Crippen molar-refractivity contribution in [2.75, 3.05) is 7.11 Å². The smallest absolute Gasteiger partial charge is 0.263 e. The number of hydrogen-bond donors (Lipinski definition) is 1. The van der Waals surface area contributed by atoms with Crippen molar-refractivity contribution in [3.05, 3.63) is 65.0 Å². The monoisotopic (exact) mass is 298 g/mol. The maximum atomic E-state index is 12.2. The van der Waals surface area contributed by atoms with Gasteiger partial charge >= 0.3 is 0 Å². The third-order valence-corrected chi connectivity index (χ3v) is 3.20. The van der Waals surface area contributed by atoms with Gasteiger partial charge in [-0.15, -0.1) is 0 Å². The van der Waals surface area contributed by atoms with Crippen LogP contribution in [0.25, 0.3) is 0 Å². The number of carbonyl (C=O) groups is 3. The number of aromatic nitrogens is 1. The summed E-state index contributed by atoms with van der Waals surface area (Å²) in [4.78, 5) is 40.1. The quantitative estimate of drug-likeness (QED) is 0.681. The van der Waals surface area contributed by atoms with Crippen LogP contribution in [0.15, 0.2) is 42.7 Å². The fourth-order valence-electron chi connectivity index (χ4n) is 2.23. The number of imide groups is 1. The van der Waals surface area contributed by atoms with E-state index in [4.69, 9.17) is 5.11 Å². The third kappa shape index (κ3) is 2.77. The molecule has 22 heavy (non-hydrogen) atoms. The molecule has 1 aromatic heterocycles. The van der Waals surface area contributed by atoms with Crippen LogP contribution in [0.1, 0.15) is 36.6 Å². The highest BCUT2D eigenvalue weighted by molar-refractivity contribution is 6.21. The predicted molar refractivity (Wildman–Crippen MR) is 78.4 cm³/mol. The second-order valence-corrected chi connectivity index (χ2v) is 4.48. The van der Waals surface area contributed by atoms with Gasteiger partial charge in [-0.3, -0.25) is 24.3 Å². The van der Waals surface area contributed by atoms with E-state index in [2.05, 4.69) is 4.98 Å². The van der Waals surface area contributed by atoms with Crippen LogP contribution in [0.2, 0.25) is 0 Å². The molecule has 6 nitrogen and oxygen atoms in total. The zero-order chi connectivity index (χ0) is 16.1. The van der Waals surface area contributed by atoms with Gasteiger partial charge in [-0.05, 0) is 17.7 Å². The number of nitrogens with zero attached hydrogens (tertiary/aromatic N) is 2. The van der Waals surface area contributed by atoms with Crippen molar-refractivity contribution in [2.45, 2.75) is 6.54 Å². The molecule has 0 saturated heterocycles. The van der Waals surface area contributed by atoms with Crippen LogP contribution in [0.5, 0.6) is 0 Å². The number of fused-ring (bicyclic) bond motifs is 1. The molecular formula is C16H14N2O4. The van der Waals surface area contributed by atoms with Crippen molar-refractivity contribution in [3.8, 4) is 0 Å². The highest BCUT2D eigenvalue weighted by Crippen LogP contribution is 2.23. The Morgan fingerprint density at radius 2 is 1.86 bits per heavy atom. The normalized spacial score (nSPS) is 12.5. The van der Waals surface area contributed by atoms with Gasteiger partial charge in [-0.1, -0.05) is 18.2 Å². The van der Waals surface area contributed by atoms with E-state index in [1.807, 2.05) is 0 Å². The molecular weight excluding hydrogens is 284 g/mol. The first-order valence-electron chi connectivity index (χ1n) is 6.50. The molecule has 1 N–H and O–H groups in total. The second-order valence-electron chi connectivity index (χ2n) is 4.48. The maximum Gasteiger partial charge on any atom is 0.263 e. The standard InChI is InChI=1S/C15H10N2O3.CH4O/c18-9-11-3-1-2-10(6-11)8-17-14(19)12-4-5-16-7-13(12)15(17)20;1-2/h1-7,9H,8H2;2H,1H3. The fraction of sp³-hybridized carbons (Fsp3) is 0.125. The number of pyridine rings is 1. The number of rotatable bonds is 3. The fourth-order valence-corrected chi connectivity index (χ4v) is 2.23. The van der Waals surface area contributed by atoms with E-state index in [1.54, 1.807) is 24.3 Å². The number of carbonyl (C=O) groups excluding carboxylic acids is 3. The summed E-state index contributed by atoms with van der Waals surface area (Å²) in [6, 6.07) is 8.36. The maximum absolute atomic E-state index is 12.2. The Hall–Kier alpha value is -2.86. The lowest BCUT2D eigenvalue weighted by Gasteiger charge is -2.13. The minimum Gasteiger partial charge on any atom is -0.400 e.